The molecule has 3 heterocycles. The Morgan fingerprint density at radius 2 is 1.91 bits per heavy atom. The van der Waals surface area contributed by atoms with Crippen molar-refractivity contribution in [1.29, 1.82) is 0 Å². The first-order valence-corrected chi connectivity index (χ1v) is 13.2. The number of benzene rings is 1. The molecule has 1 unspecified atom stereocenters. The van der Waals surface area contributed by atoms with Crippen molar-refractivity contribution in [2.75, 3.05) is 33.8 Å². The summed E-state index contributed by atoms with van der Waals surface area (Å²) in [5.41, 5.74) is 5.35. The van der Waals surface area contributed by atoms with Crippen LogP contribution in [0.25, 0.3) is 0 Å². The fraction of sp³-hybridized carbons (Fsp3) is 0.519. The van der Waals surface area contributed by atoms with E-state index in [1.165, 1.54) is 11.8 Å². The largest absolute Gasteiger partial charge is 0.463 e. The predicted molar refractivity (Wildman–Crippen MR) is 141 cm³/mol. The van der Waals surface area contributed by atoms with Crippen molar-refractivity contribution in [3.63, 3.8) is 0 Å². The molecule has 7 nitrogen and oxygen atoms in total. The van der Waals surface area contributed by atoms with Gasteiger partial charge in [-0.1, -0.05) is 35.5 Å². The van der Waals surface area contributed by atoms with Gasteiger partial charge in [0.15, 0.2) is 5.17 Å². The highest BCUT2D eigenvalue weighted by Gasteiger charge is 2.42. The van der Waals surface area contributed by atoms with Crippen LogP contribution in [0.4, 0.5) is 0 Å². The van der Waals surface area contributed by atoms with Gasteiger partial charge in [0.1, 0.15) is 0 Å². The van der Waals surface area contributed by atoms with Crippen LogP contribution in [0.3, 0.4) is 0 Å². The van der Waals surface area contributed by atoms with Crippen molar-refractivity contribution >= 4 is 28.8 Å². The summed E-state index contributed by atoms with van der Waals surface area (Å²) >= 11 is 1.51. The topological polar surface area (TPSA) is 65.5 Å². The van der Waals surface area contributed by atoms with Gasteiger partial charge in [0, 0.05) is 18.8 Å². The molecule has 1 aromatic rings. The number of aliphatic imine (C=N–C) groups is 1. The molecule has 0 spiro atoms. The van der Waals surface area contributed by atoms with Gasteiger partial charge in [0.05, 0.1) is 30.3 Å². The molecule has 1 fully saturated rings. The van der Waals surface area contributed by atoms with E-state index in [4.69, 9.17) is 9.73 Å². The van der Waals surface area contributed by atoms with Crippen molar-refractivity contribution < 1.29 is 14.3 Å². The highest BCUT2D eigenvalue weighted by molar-refractivity contribution is 8.16. The Kier molecular flexibility index (Phi) is 7.71. The standard InChI is InChI=1S/C27H36N4O3S/c1-7-34-26(33)24-19(4)28-27-31(25(24)22-9-8-17(2)14-18(22)3)21(16-35-27)15-23(32)30(6)20-10-12-29(5)13-11-20/h8-9,14,16,20,25H,7,10-13,15H2,1-6H3. The molecular formula is C27H36N4O3S. The number of piperidine rings is 1. The molecule has 8 heteroatoms. The zero-order valence-corrected chi connectivity index (χ0v) is 22.4. The number of ether oxygens (including phenoxy) is 1. The monoisotopic (exact) mass is 496 g/mol. The number of nitrogens with zero attached hydrogens (tertiary/aromatic N) is 4. The maximum absolute atomic E-state index is 13.4. The van der Waals surface area contributed by atoms with Gasteiger partial charge >= 0.3 is 5.97 Å². The number of carbonyl (C=O) groups is 2. The number of amides is 1. The second-order valence-electron chi connectivity index (χ2n) is 9.69. The maximum atomic E-state index is 13.4. The Balaban J connectivity index is 1.66. The van der Waals surface area contributed by atoms with E-state index in [1.807, 2.05) is 31.2 Å². The van der Waals surface area contributed by atoms with Crippen LogP contribution in [0.1, 0.15) is 55.8 Å². The second kappa shape index (κ2) is 10.6. The van der Waals surface area contributed by atoms with E-state index in [1.54, 1.807) is 0 Å². The van der Waals surface area contributed by atoms with Gasteiger partial charge in [0.2, 0.25) is 5.91 Å². The first-order chi connectivity index (χ1) is 16.7. The number of fused-ring (bicyclic) bond motifs is 1. The number of amidine groups is 1. The smallest absolute Gasteiger partial charge is 0.338 e. The van der Waals surface area contributed by atoms with E-state index in [9.17, 15) is 9.59 Å². The average molecular weight is 497 g/mol. The molecule has 0 aromatic heterocycles. The number of aryl methyl sites for hydroxylation is 2. The predicted octanol–water partition coefficient (Wildman–Crippen LogP) is 4.38. The molecule has 0 N–H and O–H groups in total. The number of hydrogen-bond acceptors (Lipinski definition) is 7. The first kappa shape index (κ1) is 25.5. The molecule has 3 aliphatic heterocycles. The number of rotatable bonds is 6. The molecule has 0 saturated carbocycles. The number of carbonyl (C=O) groups excluding carboxylic acids is 2. The van der Waals surface area contributed by atoms with Crippen LogP contribution in [-0.2, 0) is 14.3 Å². The van der Waals surface area contributed by atoms with Crippen molar-refractivity contribution in [3.05, 3.63) is 57.3 Å². The SMILES string of the molecule is CCOC(=O)C1=C(C)N=C2SC=C(CC(=O)N(C)C3CCN(C)CC3)N2C1c1ccc(C)cc1C. The van der Waals surface area contributed by atoms with Crippen molar-refractivity contribution in [1.82, 2.24) is 14.7 Å². The Morgan fingerprint density at radius 1 is 1.20 bits per heavy atom. The van der Waals surface area contributed by atoms with Crippen LogP contribution in [0.2, 0.25) is 0 Å². The third kappa shape index (κ3) is 5.19. The number of allylic oxidation sites excluding steroid dienone is 1. The summed E-state index contributed by atoms with van der Waals surface area (Å²) in [6.45, 7) is 10.1. The molecular weight excluding hydrogens is 460 g/mol. The number of likely N-dealkylation sites (tertiary alicyclic amines) is 1. The minimum absolute atomic E-state index is 0.0935. The number of thioether (sulfide) groups is 1. The summed E-state index contributed by atoms with van der Waals surface area (Å²) < 4.78 is 5.46. The van der Waals surface area contributed by atoms with Crippen LogP contribution in [-0.4, -0.2) is 71.6 Å². The maximum Gasteiger partial charge on any atom is 0.338 e. The van der Waals surface area contributed by atoms with Crippen LogP contribution < -0.4 is 0 Å². The summed E-state index contributed by atoms with van der Waals surface area (Å²) in [5, 5.41) is 2.81. The summed E-state index contributed by atoms with van der Waals surface area (Å²) in [4.78, 5) is 37.6. The van der Waals surface area contributed by atoms with Gasteiger partial charge in [-0.05, 0) is 77.2 Å². The van der Waals surface area contributed by atoms with Gasteiger partial charge in [-0.15, -0.1) is 0 Å². The molecule has 1 amide bonds. The molecule has 1 aromatic carbocycles. The van der Waals surface area contributed by atoms with Gasteiger partial charge in [0.25, 0.3) is 0 Å². The van der Waals surface area contributed by atoms with Crippen molar-refractivity contribution in [3.8, 4) is 0 Å². The van der Waals surface area contributed by atoms with Gasteiger partial charge in [-0.25, -0.2) is 9.79 Å². The van der Waals surface area contributed by atoms with E-state index in [-0.39, 0.29) is 30.4 Å². The van der Waals surface area contributed by atoms with Gasteiger partial charge < -0.3 is 19.4 Å². The number of esters is 1. The molecule has 1 saturated heterocycles. The summed E-state index contributed by atoms with van der Waals surface area (Å²) in [7, 11) is 4.04. The minimum atomic E-state index is -0.384. The average Bonchev–Trinajstić information content (AvgIpc) is 3.20. The molecule has 1 atom stereocenters. The highest BCUT2D eigenvalue weighted by atomic mass is 32.2. The zero-order valence-electron chi connectivity index (χ0n) is 21.6. The lowest BCUT2D eigenvalue weighted by atomic mass is 9.90. The van der Waals surface area contributed by atoms with E-state index in [2.05, 4.69) is 48.9 Å². The van der Waals surface area contributed by atoms with Crippen LogP contribution >= 0.6 is 11.8 Å². The van der Waals surface area contributed by atoms with Gasteiger partial charge in [-0.3, -0.25) is 4.79 Å². The van der Waals surface area contributed by atoms with E-state index >= 15 is 0 Å². The Bertz CT molecular complexity index is 1100. The summed E-state index contributed by atoms with van der Waals surface area (Å²) in [6.07, 6.45) is 2.25. The Labute approximate surface area is 212 Å². The molecule has 35 heavy (non-hydrogen) atoms. The number of hydrogen-bond donors (Lipinski definition) is 0. The second-order valence-corrected chi connectivity index (χ2v) is 10.5. The lowest BCUT2D eigenvalue weighted by Crippen LogP contribution is -2.45. The van der Waals surface area contributed by atoms with Gasteiger partial charge in [-0.2, -0.15) is 0 Å². The lowest BCUT2D eigenvalue weighted by molar-refractivity contribution is -0.139. The Morgan fingerprint density at radius 3 is 2.57 bits per heavy atom. The molecule has 0 bridgehead atoms. The molecule has 188 valence electrons. The zero-order chi connectivity index (χ0) is 25.3. The van der Waals surface area contributed by atoms with Crippen LogP contribution in [0.5, 0.6) is 0 Å². The fourth-order valence-electron chi connectivity index (χ4n) is 5.13. The molecule has 0 aliphatic carbocycles. The van der Waals surface area contributed by atoms with E-state index in [0.29, 0.717) is 17.9 Å². The summed E-state index contributed by atoms with van der Waals surface area (Å²) in [6, 6.07) is 6.15. The Hall–Kier alpha value is -2.58. The van der Waals surface area contributed by atoms with E-state index in [0.717, 1.165) is 53.5 Å². The molecule has 0 radical (unpaired) electrons. The first-order valence-electron chi connectivity index (χ1n) is 12.3. The highest BCUT2D eigenvalue weighted by Crippen LogP contribution is 2.45. The van der Waals surface area contributed by atoms with Crippen LogP contribution in [0, 0.1) is 13.8 Å². The minimum Gasteiger partial charge on any atom is -0.463 e. The third-order valence-corrected chi connectivity index (χ3v) is 8.07. The van der Waals surface area contributed by atoms with Crippen molar-refractivity contribution in [2.24, 2.45) is 4.99 Å². The fourth-order valence-corrected chi connectivity index (χ4v) is 6.10. The normalized spacial score (nSPS) is 21.0. The third-order valence-electron chi connectivity index (χ3n) is 7.18. The molecule has 4 rings (SSSR count). The van der Waals surface area contributed by atoms with E-state index < -0.39 is 0 Å². The summed E-state index contributed by atoms with van der Waals surface area (Å²) in [5.74, 6) is -0.264. The van der Waals surface area contributed by atoms with Crippen LogP contribution in [0.15, 0.2) is 45.6 Å². The molecule has 3 aliphatic rings. The van der Waals surface area contributed by atoms with Crippen molar-refractivity contribution in [2.45, 2.75) is 59.0 Å². The lowest BCUT2D eigenvalue weighted by Gasteiger charge is -2.38. The quantitative estimate of drug-likeness (QED) is 0.545.